The molecular formula is C16H25NO. The monoisotopic (exact) mass is 247 g/mol. The fourth-order valence-electron chi connectivity index (χ4n) is 3.09. The van der Waals surface area contributed by atoms with Crippen molar-refractivity contribution in [3.8, 4) is 5.75 Å². The van der Waals surface area contributed by atoms with E-state index in [-0.39, 0.29) is 0 Å². The van der Waals surface area contributed by atoms with E-state index in [0.29, 0.717) is 17.2 Å². The minimum atomic E-state index is 0.418. The second-order valence-electron chi connectivity index (χ2n) is 6.39. The average Bonchev–Trinajstić information content (AvgIpc) is 2.62. The van der Waals surface area contributed by atoms with E-state index >= 15 is 0 Å². The molecule has 0 saturated heterocycles. The molecule has 0 heterocycles. The van der Waals surface area contributed by atoms with Gasteiger partial charge in [-0.3, -0.25) is 0 Å². The van der Waals surface area contributed by atoms with Crippen LogP contribution < -0.4 is 5.32 Å². The molecule has 0 radical (unpaired) electrons. The Labute approximate surface area is 110 Å². The summed E-state index contributed by atoms with van der Waals surface area (Å²) in [6.07, 6.45) is 3.93. The SMILES string of the molecule is Cc1cc(CNC2CCCC2(C)C)cc(C)c1O. The van der Waals surface area contributed by atoms with Crippen LogP contribution in [0.2, 0.25) is 0 Å². The summed E-state index contributed by atoms with van der Waals surface area (Å²) < 4.78 is 0. The molecule has 0 aliphatic heterocycles. The van der Waals surface area contributed by atoms with Gasteiger partial charge in [0, 0.05) is 12.6 Å². The molecule has 18 heavy (non-hydrogen) atoms. The van der Waals surface area contributed by atoms with Crippen LogP contribution in [0.5, 0.6) is 5.75 Å². The average molecular weight is 247 g/mol. The number of aromatic hydroxyl groups is 1. The Hall–Kier alpha value is -1.02. The molecule has 0 amide bonds. The van der Waals surface area contributed by atoms with Gasteiger partial charge < -0.3 is 10.4 Å². The summed E-state index contributed by atoms with van der Waals surface area (Å²) >= 11 is 0. The first-order chi connectivity index (χ1) is 8.40. The Balaban J connectivity index is 2.03. The first-order valence-corrected chi connectivity index (χ1v) is 6.92. The molecule has 1 aliphatic rings. The van der Waals surface area contributed by atoms with E-state index in [2.05, 4.69) is 31.3 Å². The van der Waals surface area contributed by atoms with Crippen LogP contribution >= 0.6 is 0 Å². The molecule has 0 spiro atoms. The highest BCUT2D eigenvalue weighted by Gasteiger charge is 2.33. The molecule has 2 rings (SSSR count). The van der Waals surface area contributed by atoms with E-state index in [0.717, 1.165) is 17.7 Å². The van der Waals surface area contributed by atoms with Gasteiger partial charge in [-0.2, -0.15) is 0 Å². The lowest BCUT2D eigenvalue weighted by molar-refractivity contribution is 0.282. The van der Waals surface area contributed by atoms with E-state index in [9.17, 15) is 5.11 Å². The van der Waals surface area contributed by atoms with Crippen LogP contribution in [-0.4, -0.2) is 11.1 Å². The third kappa shape index (κ3) is 2.69. The molecule has 1 aromatic rings. The highest BCUT2D eigenvalue weighted by molar-refractivity contribution is 5.42. The molecule has 1 aliphatic carbocycles. The molecule has 1 fully saturated rings. The van der Waals surface area contributed by atoms with Crippen molar-refractivity contribution in [1.82, 2.24) is 5.32 Å². The highest BCUT2D eigenvalue weighted by atomic mass is 16.3. The van der Waals surface area contributed by atoms with Gasteiger partial charge in [0.15, 0.2) is 0 Å². The summed E-state index contributed by atoms with van der Waals surface area (Å²) in [5.74, 6) is 0.431. The third-order valence-corrected chi connectivity index (χ3v) is 4.36. The molecule has 2 nitrogen and oxygen atoms in total. The molecule has 2 heteroatoms. The number of phenolic OH excluding ortho intramolecular Hbond substituents is 1. The molecule has 1 saturated carbocycles. The van der Waals surface area contributed by atoms with Gasteiger partial charge in [-0.05, 0) is 48.8 Å². The van der Waals surface area contributed by atoms with E-state index in [1.165, 1.54) is 24.8 Å². The lowest BCUT2D eigenvalue weighted by Gasteiger charge is -2.28. The zero-order valence-corrected chi connectivity index (χ0v) is 12.0. The summed E-state index contributed by atoms with van der Waals surface area (Å²) in [6.45, 7) is 9.53. The van der Waals surface area contributed by atoms with Gasteiger partial charge in [0.25, 0.3) is 0 Å². The number of rotatable bonds is 3. The first-order valence-electron chi connectivity index (χ1n) is 6.92. The predicted octanol–water partition coefficient (Wildman–Crippen LogP) is 3.68. The normalized spacial score (nSPS) is 22.3. The van der Waals surface area contributed by atoms with E-state index in [1.807, 2.05) is 13.8 Å². The fourth-order valence-corrected chi connectivity index (χ4v) is 3.09. The Morgan fingerprint density at radius 1 is 1.28 bits per heavy atom. The number of hydrogen-bond donors (Lipinski definition) is 2. The Bertz CT molecular complexity index is 414. The number of aryl methyl sites for hydroxylation is 2. The van der Waals surface area contributed by atoms with Gasteiger partial charge in [0.1, 0.15) is 5.75 Å². The van der Waals surface area contributed by atoms with Crippen molar-refractivity contribution in [2.75, 3.05) is 0 Å². The van der Waals surface area contributed by atoms with Gasteiger partial charge in [0.2, 0.25) is 0 Å². The molecule has 1 aromatic carbocycles. The second-order valence-corrected chi connectivity index (χ2v) is 6.39. The van der Waals surface area contributed by atoms with Crippen LogP contribution in [-0.2, 0) is 6.54 Å². The summed E-state index contributed by atoms with van der Waals surface area (Å²) in [5, 5.41) is 13.5. The minimum absolute atomic E-state index is 0.418. The first kappa shape index (κ1) is 13.4. The summed E-state index contributed by atoms with van der Waals surface area (Å²) in [4.78, 5) is 0. The largest absolute Gasteiger partial charge is 0.507 e. The van der Waals surface area contributed by atoms with E-state index in [4.69, 9.17) is 0 Å². The van der Waals surface area contributed by atoms with Gasteiger partial charge >= 0.3 is 0 Å². The van der Waals surface area contributed by atoms with Gasteiger partial charge in [-0.1, -0.05) is 32.4 Å². The van der Waals surface area contributed by atoms with Gasteiger partial charge in [-0.25, -0.2) is 0 Å². The number of nitrogens with one attached hydrogen (secondary N) is 1. The number of phenols is 1. The van der Waals surface area contributed by atoms with Crippen molar-refractivity contribution in [3.63, 3.8) is 0 Å². The zero-order valence-electron chi connectivity index (χ0n) is 12.0. The molecular weight excluding hydrogens is 222 g/mol. The van der Waals surface area contributed by atoms with Crippen LogP contribution in [0, 0.1) is 19.3 Å². The third-order valence-electron chi connectivity index (χ3n) is 4.36. The molecule has 2 N–H and O–H groups in total. The van der Waals surface area contributed by atoms with Crippen molar-refractivity contribution in [2.45, 2.75) is 59.5 Å². The van der Waals surface area contributed by atoms with Gasteiger partial charge in [-0.15, -0.1) is 0 Å². The maximum Gasteiger partial charge on any atom is 0.121 e. The van der Waals surface area contributed by atoms with Crippen LogP contribution in [0.4, 0.5) is 0 Å². The van der Waals surface area contributed by atoms with Crippen molar-refractivity contribution in [1.29, 1.82) is 0 Å². The maximum absolute atomic E-state index is 9.77. The standard InChI is InChI=1S/C16H25NO/c1-11-8-13(9-12(2)15(11)18)10-17-14-6-5-7-16(14,3)4/h8-9,14,17-18H,5-7,10H2,1-4H3. The topological polar surface area (TPSA) is 32.3 Å². The Morgan fingerprint density at radius 2 is 1.89 bits per heavy atom. The highest BCUT2D eigenvalue weighted by Crippen LogP contribution is 2.37. The quantitative estimate of drug-likeness (QED) is 0.854. The summed E-state index contributed by atoms with van der Waals surface area (Å²) in [6, 6.07) is 4.78. The fraction of sp³-hybridized carbons (Fsp3) is 0.625. The number of benzene rings is 1. The minimum Gasteiger partial charge on any atom is -0.507 e. The number of hydrogen-bond acceptors (Lipinski definition) is 2. The second kappa shape index (κ2) is 4.93. The Kier molecular flexibility index (Phi) is 3.67. The smallest absolute Gasteiger partial charge is 0.121 e. The van der Waals surface area contributed by atoms with Crippen LogP contribution in [0.1, 0.15) is 49.8 Å². The molecule has 0 aromatic heterocycles. The Morgan fingerprint density at radius 3 is 2.39 bits per heavy atom. The predicted molar refractivity (Wildman–Crippen MR) is 75.8 cm³/mol. The molecule has 0 bridgehead atoms. The van der Waals surface area contributed by atoms with Crippen molar-refractivity contribution >= 4 is 0 Å². The van der Waals surface area contributed by atoms with Gasteiger partial charge in [0.05, 0.1) is 0 Å². The van der Waals surface area contributed by atoms with Crippen LogP contribution in [0.25, 0.3) is 0 Å². The van der Waals surface area contributed by atoms with Crippen molar-refractivity contribution in [3.05, 3.63) is 28.8 Å². The van der Waals surface area contributed by atoms with Crippen molar-refractivity contribution < 1.29 is 5.11 Å². The lowest BCUT2D eigenvalue weighted by Crippen LogP contribution is -2.37. The van der Waals surface area contributed by atoms with Crippen LogP contribution in [0.15, 0.2) is 12.1 Å². The summed E-state index contributed by atoms with van der Waals surface area (Å²) in [5.41, 5.74) is 3.63. The van der Waals surface area contributed by atoms with E-state index < -0.39 is 0 Å². The van der Waals surface area contributed by atoms with Crippen molar-refractivity contribution in [2.24, 2.45) is 5.41 Å². The zero-order chi connectivity index (χ0) is 13.3. The molecule has 100 valence electrons. The lowest BCUT2D eigenvalue weighted by atomic mass is 9.87. The van der Waals surface area contributed by atoms with Crippen LogP contribution in [0.3, 0.4) is 0 Å². The summed E-state index contributed by atoms with van der Waals surface area (Å²) in [7, 11) is 0. The van der Waals surface area contributed by atoms with E-state index in [1.54, 1.807) is 0 Å². The molecule has 1 atom stereocenters. The maximum atomic E-state index is 9.77. The molecule has 1 unspecified atom stereocenters.